The molecular formula is C10H14ClNO. The largest absolute Gasteiger partial charge is 0.508 e. The van der Waals surface area contributed by atoms with Crippen LogP contribution < -0.4 is 5.32 Å². The maximum atomic E-state index is 9.17. The van der Waals surface area contributed by atoms with Crippen molar-refractivity contribution >= 4 is 11.6 Å². The van der Waals surface area contributed by atoms with Gasteiger partial charge in [-0.1, -0.05) is 17.7 Å². The molecule has 0 aromatic heterocycles. The third-order valence-electron chi connectivity index (χ3n) is 2.25. The van der Waals surface area contributed by atoms with Gasteiger partial charge in [-0.25, -0.2) is 0 Å². The summed E-state index contributed by atoms with van der Waals surface area (Å²) in [5.41, 5.74) is 0.805. The van der Waals surface area contributed by atoms with Crippen molar-refractivity contribution in [3.05, 3.63) is 28.8 Å². The predicted molar refractivity (Wildman–Crippen MR) is 55.2 cm³/mol. The minimum Gasteiger partial charge on any atom is -0.508 e. The van der Waals surface area contributed by atoms with Crippen LogP contribution in [0.1, 0.15) is 19.4 Å². The SMILES string of the molecule is CNC(C)(C)c1ccc(O)cc1Cl. The minimum atomic E-state index is -0.176. The van der Waals surface area contributed by atoms with Crippen molar-refractivity contribution in [3.63, 3.8) is 0 Å². The molecule has 0 heterocycles. The molecule has 0 aliphatic carbocycles. The monoisotopic (exact) mass is 199 g/mol. The van der Waals surface area contributed by atoms with Crippen LogP contribution in [0.25, 0.3) is 0 Å². The number of halogens is 1. The highest BCUT2D eigenvalue weighted by Gasteiger charge is 2.20. The Morgan fingerprint density at radius 3 is 2.46 bits per heavy atom. The van der Waals surface area contributed by atoms with Gasteiger partial charge in [0.15, 0.2) is 0 Å². The fourth-order valence-electron chi connectivity index (χ4n) is 1.15. The average molecular weight is 200 g/mol. The molecule has 0 saturated heterocycles. The fraction of sp³-hybridized carbons (Fsp3) is 0.400. The van der Waals surface area contributed by atoms with Crippen LogP contribution in [0.3, 0.4) is 0 Å². The maximum Gasteiger partial charge on any atom is 0.117 e. The lowest BCUT2D eigenvalue weighted by molar-refractivity contribution is 0.441. The highest BCUT2D eigenvalue weighted by Crippen LogP contribution is 2.29. The lowest BCUT2D eigenvalue weighted by Crippen LogP contribution is -2.33. The third kappa shape index (κ3) is 2.14. The molecule has 2 N–H and O–H groups in total. The number of benzene rings is 1. The molecule has 1 aromatic carbocycles. The van der Waals surface area contributed by atoms with Gasteiger partial charge in [-0.3, -0.25) is 0 Å². The van der Waals surface area contributed by atoms with Crippen LogP contribution in [0.5, 0.6) is 5.75 Å². The zero-order valence-electron chi connectivity index (χ0n) is 8.06. The fourth-order valence-corrected chi connectivity index (χ4v) is 1.56. The summed E-state index contributed by atoms with van der Waals surface area (Å²) in [6.07, 6.45) is 0. The molecule has 0 spiro atoms. The predicted octanol–water partition coefficient (Wildman–Crippen LogP) is 2.50. The average Bonchev–Trinajstić information content (AvgIpc) is 2.03. The Morgan fingerprint density at radius 2 is 2.00 bits per heavy atom. The molecule has 3 heteroatoms. The summed E-state index contributed by atoms with van der Waals surface area (Å²) >= 11 is 5.99. The summed E-state index contributed by atoms with van der Waals surface area (Å²) in [5, 5.41) is 12.9. The molecule has 0 bridgehead atoms. The Labute approximate surface area is 83.5 Å². The van der Waals surface area contributed by atoms with E-state index in [2.05, 4.69) is 5.32 Å². The summed E-state index contributed by atoms with van der Waals surface area (Å²) in [5.74, 6) is 0.195. The van der Waals surface area contributed by atoms with Crippen LogP contribution in [0.4, 0.5) is 0 Å². The van der Waals surface area contributed by atoms with E-state index in [0.717, 1.165) is 5.56 Å². The van der Waals surface area contributed by atoms with Crippen molar-refractivity contribution in [2.45, 2.75) is 19.4 Å². The Kier molecular flexibility index (Phi) is 2.84. The maximum absolute atomic E-state index is 9.17. The zero-order valence-corrected chi connectivity index (χ0v) is 8.81. The topological polar surface area (TPSA) is 32.3 Å². The number of rotatable bonds is 2. The normalized spacial score (nSPS) is 11.7. The number of hydrogen-bond donors (Lipinski definition) is 2. The van der Waals surface area contributed by atoms with Crippen molar-refractivity contribution in [2.75, 3.05) is 7.05 Å². The van der Waals surface area contributed by atoms with Gasteiger partial charge >= 0.3 is 0 Å². The molecule has 0 saturated carbocycles. The van der Waals surface area contributed by atoms with Gasteiger partial charge in [0.05, 0.1) is 0 Å². The molecule has 1 aromatic rings. The van der Waals surface area contributed by atoms with E-state index in [1.807, 2.05) is 27.0 Å². The number of phenols is 1. The van der Waals surface area contributed by atoms with Gasteiger partial charge < -0.3 is 10.4 Å². The second-order valence-electron chi connectivity index (χ2n) is 3.54. The van der Waals surface area contributed by atoms with Crippen LogP contribution in [-0.2, 0) is 5.54 Å². The van der Waals surface area contributed by atoms with Gasteiger partial charge in [-0.15, -0.1) is 0 Å². The van der Waals surface area contributed by atoms with E-state index in [-0.39, 0.29) is 11.3 Å². The first-order valence-electron chi connectivity index (χ1n) is 4.15. The summed E-state index contributed by atoms with van der Waals surface area (Å²) in [6.45, 7) is 4.07. The highest BCUT2D eigenvalue weighted by atomic mass is 35.5. The van der Waals surface area contributed by atoms with Crippen molar-refractivity contribution in [3.8, 4) is 5.75 Å². The molecule has 0 unspecified atom stereocenters. The van der Waals surface area contributed by atoms with E-state index < -0.39 is 0 Å². The molecule has 1 rings (SSSR count). The van der Waals surface area contributed by atoms with Gasteiger partial charge in [0, 0.05) is 10.6 Å². The molecule has 0 fully saturated rings. The first kappa shape index (κ1) is 10.4. The summed E-state index contributed by atoms with van der Waals surface area (Å²) in [7, 11) is 1.88. The Morgan fingerprint density at radius 1 is 1.38 bits per heavy atom. The van der Waals surface area contributed by atoms with Crippen molar-refractivity contribution < 1.29 is 5.11 Å². The van der Waals surface area contributed by atoms with Crippen LogP contribution in [0.2, 0.25) is 5.02 Å². The quantitative estimate of drug-likeness (QED) is 0.767. The molecule has 0 atom stereocenters. The van der Waals surface area contributed by atoms with E-state index >= 15 is 0 Å². The molecule has 0 aliphatic heterocycles. The van der Waals surface area contributed by atoms with Gasteiger partial charge in [0.2, 0.25) is 0 Å². The van der Waals surface area contributed by atoms with Gasteiger partial charge in [-0.2, -0.15) is 0 Å². The van der Waals surface area contributed by atoms with E-state index in [4.69, 9.17) is 11.6 Å². The van der Waals surface area contributed by atoms with Gasteiger partial charge in [0.25, 0.3) is 0 Å². The van der Waals surface area contributed by atoms with E-state index in [0.29, 0.717) is 5.02 Å². The highest BCUT2D eigenvalue weighted by molar-refractivity contribution is 6.31. The van der Waals surface area contributed by atoms with Crippen LogP contribution in [-0.4, -0.2) is 12.2 Å². The minimum absolute atomic E-state index is 0.176. The first-order valence-corrected chi connectivity index (χ1v) is 4.53. The van der Waals surface area contributed by atoms with Gasteiger partial charge in [-0.05, 0) is 38.6 Å². The lowest BCUT2D eigenvalue weighted by atomic mass is 9.94. The molecule has 2 nitrogen and oxygen atoms in total. The van der Waals surface area contributed by atoms with Crippen LogP contribution in [0, 0.1) is 0 Å². The van der Waals surface area contributed by atoms with Crippen molar-refractivity contribution in [1.82, 2.24) is 5.32 Å². The van der Waals surface area contributed by atoms with E-state index in [1.165, 1.54) is 0 Å². The van der Waals surface area contributed by atoms with Gasteiger partial charge in [0.1, 0.15) is 5.75 Å². The number of hydrogen-bond acceptors (Lipinski definition) is 2. The Balaban J connectivity index is 3.16. The number of aromatic hydroxyl groups is 1. The smallest absolute Gasteiger partial charge is 0.117 e. The zero-order chi connectivity index (χ0) is 10.1. The Bertz CT molecular complexity index is 310. The molecule has 0 amide bonds. The number of phenolic OH excluding ortho intramolecular Hbond substituents is 1. The third-order valence-corrected chi connectivity index (χ3v) is 2.56. The summed E-state index contributed by atoms with van der Waals surface area (Å²) in [6, 6.07) is 5.02. The Hall–Kier alpha value is -0.730. The first-order chi connectivity index (χ1) is 5.97. The van der Waals surface area contributed by atoms with Crippen LogP contribution in [0.15, 0.2) is 18.2 Å². The second-order valence-corrected chi connectivity index (χ2v) is 3.95. The summed E-state index contributed by atoms with van der Waals surface area (Å²) in [4.78, 5) is 0. The molecule has 0 aliphatic rings. The van der Waals surface area contributed by atoms with E-state index in [9.17, 15) is 5.11 Å². The molecule has 13 heavy (non-hydrogen) atoms. The molecule has 72 valence electrons. The molecular weight excluding hydrogens is 186 g/mol. The summed E-state index contributed by atoms with van der Waals surface area (Å²) < 4.78 is 0. The van der Waals surface area contributed by atoms with Crippen molar-refractivity contribution in [2.24, 2.45) is 0 Å². The standard InChI is InChI=1S/C10H14ClNO/c1-10(2,12-3)8-5-4-7(13)6-9(8)11/h4-6,12-13H,1-3H3. The van der Waals surface area contributed by atoms with Crippen LogP contribution >= 0.6 is 11.6 Å². The van der Waals surface area contributed by atoms with Crippen molar-refractivity contribution in [1.29, 1.82) is 0 Å². The number of nitrogens with one attached hydrogen (secondary N) is 1. The lowest BCUT2D eigenvalue weighted by Gasteiger charge is -2.25. The van der Waals surface area contributed by atoms with E-state index in [1.54, 1.807) is 12.1 Å². The second kappa shape index (κ2) is 3.56. The molecule has 0 radical (unpaired) electrons.